The van der Waals surface area contributed by atoms with Crippen LogP contribution in [0.2, 0.25) is 0 Å². The number of hydrogen-bond acceptors (Lipinski definition) is 4. The summed E-state index contributed by atoms with van der Waals surface area (Å²) >= 11 is 0. The lowest BCUT2D eigenvalue weighted by Crippen LogP contribution is -2.05. The van der Waals surface area contributed by atoms with Gasteiger partial charge in [0, 0.05) is 6.20 Å². The van der Waals surface area contributed by atoms with Crippen molar-refractivity contribution in [3.05, 3.63) is 41.9 Å². The van der Waals surface area contributed by atoms with Crippen molar-refractivity contribution in [2.75, 3.05) is 7.11 Å². The SMILES string of the molecule is COC(=O)c1cnn(-c2ccccn2)c1C. The van der Waals surface area contributed by atoms with Crippen molar-refractivity contribution in [1.82, 2.24) is 14.8 Å². The predicted octanol–water partition coefficient (Wildman–Crippen LogP) is 1.36. The van der Waals surface area contributed by atoms with E-state index < -0.39 is 0 Å². The average Bonchev–Trinajstić information content (AvgIpc) is 2.71. The lowest BCUT2D eigenvalue weighted by Gasteiger charge is -2.03. The van der Waals surface area contributed by atoms with Crippen LogP contribution in [0.15, 0.2) is 30.6 Å². The van der Waals surface area contributed by atoms with Gasteiger partial charge in [-0.25, -0.2) is 14.5 Å². The summed E-state index contributed by atoms with van der Waals surface area (Å²) in [4.78, 5) is 15.5. The van der Waals surface area contributed by atoms with Gasteiger partial charge in [-0.1, -0.05) is 6.07 Å². The molecule has 0 aliphatic carbocycles. The first-order valence-corrected chi connectivity index (χ1v) is 4.78. The first-order valence-electron chi connectivity index (χ1n) is 4.78. The van der Waals surface area contributed by atoms with Gasteiger partial charge in [0.15, 0.2) is 5.82 Å². The highest BCUT2D eigenvalue weighted by Gasteiger charge is 2.15. The molecule has 2 heterocycles. The van der Waals surface area contributed by atoms with Crippen LogP contribution in [0, 0.1) is 6.92 Å². The molecule has 5 nitrogen and oxygen atoms in total. The van der Waals surface area contributed by atoms with Gasteiger partial charge in [-0.05, 0) is 19.1 Å². The number of methoxy groups -OCH3 is 1. The van der Waals surface area contributed by atoms with Gasteiger partial charge >= 0.3 is 5.97 Å². The van der Waals surface area contributed by atoms with Crippen molar-refractivity contribution in [3.63, 3.8) is 0 Å². The molecule has 0 aliphatic rings. The molecule has 2 aromatic rings. The zero-order chi connectivity index (χ0) is 11.5. The molecule has 0 aromatic carbocycles. The summed E-state index contributed by atoms with van der Waals surface area (Å²) in [7, 11) is 1.35. The molecule has 0 amide bonds. The lowest BCUT2D eigenvalue weighted by atomic mass is 10.2. The van der Waals surface area contributed by atoms with Crippen LogP contribution in [0.4, 0.5) is 0 Å². The third kappa shape index (κ3) is 1.67. The Labute approximate surface area is 92.7 Å². The van der Waals surface area contributed by atoms with Crippen LogP contribution >= 0.6 is 0 Å². The fourth-order valence-corrected chi connectivity index (χ4v) is 1.43. The summed E-state index contributed by atoms with van der Waals surface area (Å²) in [5, 5.41) is 4.11. The Morgan fingerprint density at radius 1 is 1.44 bits per heavy atom. The second kappa shape index (κ2) is 4.14. The minimum Gasteiger partial charge on any atom is -0.465 e. The molecule has 0 N–H and O–H groups in total. The summed E-state index contributed by atoms with van der Waals surface area (Å²) in [6.07, 6.45) is 3.16. The number of carbonyl (C=O) groups excluding carboxylic acids is 1. The molecular formula is C11H11N3O2. The van der Waals surface area contributed by atoms with Crippen molar-refractivity contribution in [1.29, 1.82) is 0 Å². The zero-order valence-electron chi connectivity index (χ0n) is 9.04. The Balaban J connectivity index is 2.45. The van der Waals surface area contributed by atoms with Crippen molar-refractivity contribution in [2.45, 2.75) is 6.92 Å². The van der Waals surface area contributed by atoms with Gasteiger partial charge in [0.05, 0.1) is 19.0 Å². The molecule has 2 rings (SSSR count). The number of ether oxygens (including phenoxy) is 1. The molecule has 0 atom stereocenters. The fourth-order valence-electron chi connectivity index (χ4n) is 1.43. The van der Waals surface area contributed by atoms with Gasteiger partial charge in [0.25, 0.3) is 0 Å². The minimum absolute atomic E-state index is 0.389. The highest BCUT2D eigenvalue weighted by Crippen LogP contribution is 2.12. The summed E-state index contributed by atoms with van der Waals surface area (Å²) in [6.45, 7) is 1.80. The number of hydrogen-bond donors (Lipinski definition) is 0. The normalized spacial score (nSPS) is 10.1. The number of carbonyl (C=O) groups is 1. The molecule has 0 radical (unpaired) electrons. The Hall–Kier alpha value is -2.17. The van der Waals surface area contributed by atoms with Crippen LogP contribution in [0.3, 0.4) is 0 Å². The van der Waals surface area contributed by atoms with Gasteiger partial charge in [-0.2, -0.15) is 5.10 Å². The second-order valence-electron chi connectivity index (χ2n) is 3.23. The van der Waals surface area contributed by atoms with E-state index in [-0.39, 0.29) is 5.97 Å². The van der Waals surface area contributed by atoms with Crippen molar-refractivity contribution >= 4 is 5.97 Å². The van der Waals surface area contributed by atoms with E-state index in [1.807, 2.05) is 18.2 Å². The molecule has 16 heavy (non-hydrogen) atoms. The van der Waals surface area contributed by atoms with Gasteiger partial charge in [0.2, 0.25) is 0 Å². The van der Waals surface area contributed by atoms with E-state index in [2.05, 4.69) is 14.8 Å². The summed E-state index contributed by atoms with van der Waals surface area (Å²) in [5.74, 6) is 0.287. The molecule has 0 fully saturated rings. The topological polar surface area (TPSA) is 57.0 Å². The Morgan fingerprint density at radius 2 is 2.25 bits per heavy atom. The van der Waals surface area contributed by atoms with E-state index in [9.17, 15) is 4.79 Å². The van der Waals surface area contributed by atoms with Gasteiger partial charge in [0.1, 0.15) is 5.56 Å². The molecule has 82 valence electrons. The van der Waals surface area contributed by atoms with Crippen LogP contribution in [-0.4, -0.2) is 27.8 Å². The highest BCUT2D eigenvalue weighted by atomic mass is 16.5. The second-order valence-corrected chi connectivity index (χ2v) is 3.23. The molecule has 0 saturated heterocycles. The maximum atomic E-state index is 11.4. The predicted molar refractivity (Wildman–Crippen MR) is 57.4 cm³/mol. The van der Waals surface area contributed by atoms with E-state index in [1.165, 1.54) is 13.3 Å². The Morgan fingerprint density at radius 3 is 2.88 bits per heavy atom. The van der Waals surface area contributed by atoms with Crippen molar-refractivity contribution in [3.8, 4) is 5.82 Å². The lowest BCUT2D eigenvalue weighted by molar-refractivity contribution is 0.0600. The summed E-state index contributed by atoms with van der Waals surface area (Å²) in [6, 6.07) is 5.51. The average molecular weight is 217 g/mol. The molecule has 0 bridgehead atoms. The maximum Gasteiger partial charge on any atom is 0.341 e. The van der Waals surface area contributed by atoms with E-state index in [4.69, 9.17) is 0 Å². The highest BCUT2D eigenvalue weighted by molar-refractivity contribution is 5.90. The largest absolute Gasteiger partial charge is 0.465 e. The number of rotatable bonds is 2. The van der Waals surface area contributed by atoms with Crippen molar-refractivity contribution < 1.29 is 9.53 Å². The Bertz CT molecular complexity index is 505. The van der Waals surface area contributed by atoms with Crippen LogP contribution in [0.1, 0.15) is 16.1 Å². The molecular weight excluding hydrogens is 206 g/mol. The molecule has 0 unspecified atom stereocenters. The zero-order valence-corrected chi connectivity index (χ0v) is 9.04. The maximum absolute atomic E-state index is 11.4. The quantitative estimate of drug-likeness (QED) is 0.713. The first-order chi connectivity index (χ1) is 7.74. The van der Waals surface area contributed by atoms with Crippen LogP contribution in [-0.2, 0) is 4.74 Å². The van der Waals surface area contributed by atoms with E-state index in [0.29, 0.717) is 17.1 Å². The molecule has 0 aliphatic heterocycles. The van der Waals surface area contributed by atoms with Gasteiger partial charge in [-0.3, -0.25) is 0 Å². The van der Waals surface area contributed by atoms with E-state index >= 15 is 0 Å². The fraction of sp³-hybridized carbons (Fsp3) is 0.182. The number of esters is 1. The standard InChI is InChI=1S/C11H11N3O2/c1-8-9(11(15)16-2)7-13-14(8)10-5-3-4-6-12-10/h3-7H,1-2H3. The van der Waals surface area contributed by atoms with Crippen molar-refractivity contribution in [2.24, 2.45) is 0 Å². The van der Waals surface area contributed by atoms with E-state index in [1.54, 1.807) is 17.8 Å². The number of aromatic nitrogens is 3. The minimum atomic E-state index is -0.389. The van der Waals surface area contributed by atoms with E-state index in [0.717, 1.165) is 0 Å². The summed E-state index contributed by atoms with van der Waals surface area (Å²) < 4.78 is 6.26. The third-order valence-electron chi connectivity index (χ3n) is 2.28. The third-order valence-corrected chi connectivity index (χ3v) is 2.28. The number of nitrogens with zero attached hydrogens (tertiary/aromatic N) is 3. The molecule has 2 aromatic heterocycles. The molecule has 0 spiro atoms. The molecule has 0 saturated carbocycles. The first kappa shape index (κ1) is 10.4. The Kier molecular flexibility index (Phi) is 2.68. The van der Waals surface area contributed by atoms with Gasteiger partial charge in [-0.15, -0.1) is 0 Å². The smallest absolute Gasteiger partial charge is 0.341 e. The van der Waals surface area contributed by atoms with Crippen LogP contribution in [0.25, 0.3) is 5.82 Å². The van der Waals surface area contributed by atoms with Crippen LogP contribution < -0.4 is 0 Å². The summed E-state index contributed by atoms with van der Waals surface area (Å²) in [5.41, 5.74) is 1.17. The monoisotopic (exact) mass is 217 g/mol. The molecule has 5 heteroatoms. The van der Waals surface area contributed by atoms with Gasteiger partial charge < -0.3 is 4.74 Å². The number of pyridine rings is 1. The van der Waals surface area contributed by atoms with Crippen LogP contribution in [0.5, 0.6) is 0 Å².